The summed E-state index contributed by atoms with van der Waals surface area (Å²) in [7, 11) is 1.22. The highest BCUT2D eigenvalue weighted by atomic mass is 16.5. The summed E-state index contributed by atoms with van der Waals surface area (Å²) in [5.41, 5.74) is -1.55. The minimum atomic E-state index is -0.671. The van der Waals surface area contributed by atoms with Gasteiger partial charge in [0.15, 0.2) is 0 Å². The maximum Gasteiger partial charge on any atom is 0.330 e. The molecule has 0 unspecified atom stereocenters. The van der Waals surface area contributed by atoms with Gasteiger partial charge in [-0.3, -0.25) is 14.3 Å². The van der Waals surface area contributed by atoms with E-state index in [1.165, 1.54) is 23.9 Å². The van der Waals surface area contributed by atoms with Gasteiger partial charge >= 0.3 is 11.7 Å². The zero-order valence-electron chi connectivity index (χ0n) is 12.6. The number of ether oxygens (including phenoxy) is 1. The Hall–Kier alpha value is -2.19. The quantitative estimate of drug-likeness (QED) is 0.484. The van der Waals surface area contributed by atoms with Crippen molar-refractivity contribution in [1.29, 1.82) is 0 Å². The second-order valence-corrected chi connectivity index (χ2v) is 6.13. The molecule has 8 nitrogen and oxygen atoms in total. The van der Waals surface area contributed by atoms with Crippen LogP contribution in [0.25, 0.3) is 6.08 Å². The molecule has 124 valence electrons. The molecule has 4 atom stereocenters. The van der Waals surface area contributed by atoms with Gasteiger partial charge in [0.1, 0.15) is 0 Å². The van der Waals surface area contributed by atoms with Crippen LogP contribution in [0, 0.1) is 11.3 Å². The van der Waals surface area contributed by atoms with Crippen molar-refractivity contribution in [3.05, 3.63) is 38.7 Å². The topological polar surface area (TPSA) is 122 Å². The van der Waals surface area contributed by atoms with Gasteiger partial charge < -0.3 is 14.9 Å². The SMILES string of the molecule is COC(=O)/C=C/c1cn([C@H]2C[C@H](O)[C@]3(CO)C[C@H]23)c(=O)[nH]c1=O. The van der Waals surface area contributed by atoms with Crippen LogP contribution in [-0.2, 0) is 9.53 Å². The molecule has 2 aliphatic carbocycles. The third-order valence-corrected chi connectivity index (χ3v) is 5.02. The first-order valence-electron chi connectivity index (χ1n) is 7.33. The minimum Gasteiger partial charge on any atom is -0.466 e. The number of fused-ring (bicyclic) bond motifs is 1. The Balaban J connectivity index is 1.95. The van der Waals surface area contributed by atoms with Crippen LogP contribution in [0.2, 0.25) is 0 Å². The van der Waals surface area contributed by atoms with Gasteiger partial charge in [-0.25, -0.2) is 9.59 Å². The summed E-state index contributed by atoms with van der Waals surface area (Å²) in [5.74, 6) is -0.608. The van der Waals surface area contributed by atoms with Crippen molar-refractivity contribution >= 4 is 12.0 Å². The van der Waals surface area contributed by atoms with Crippen LogP contribution in [-0.4, -0.2) is 45.6 Å². The maximum atomic E-state index is 12.1. The molecule has 0 amide bonds. The van der Waals surface area contributed by atoms with Gasteiger partial charge in [0.05, 0.1) is 25.4 Å². The molecule has 2 fully saturated rings. The number of rotatable bonds is 4. The van der Waals surface area contributed by atoms with Crippen molar-refractivity contribution < 1.29 is 19.7 Å². The van der Waals surface area contributed by atoms with Gasteiger partial charge in [-0.15, -0.1) is 0 Å². The number of carbonyl (C=O) groups is 1. The Labute approximate surface area is 131 Å². The smallest absolute Gasteiger partial charge is 0.330 e. The fourth-order valence-electron chi connectivity index (χ4n) is 3.57. The van der Waals surface area contributed by atoms with Gasteiger partial charge in [-0.05, 0) is 24.8 Å². The van der Waals surface area contributed by atoms with E-state index >= 15 is 0 Å². The molecular weight excluding hydrogens is 304 g/mol. The van der Waals surface area contributed by atoms with Gasteiger partial charge in [0.25, 0.3) is 5.56 Å². The minimum absolute atomic E-state index is 0.00328. The van der Waals surface area contributed by atoms with E-state index in [9.17, 15) is 24.6 Å². The zero-order chi connectivity index (χ0) is 16.8. The van der Waals surface area contributed by atoms with Crippen molar-refractivity contribution in [3.8, 4) is 0 Å². The second kappa shape index (κ2) is 5.47. The van der Waals surface area contributed by atoms with Gasteiger partial charge in [0.2, 0.25) is 0 Å². The summed E-state index contributed by atoms with van der Waals surface area (Å²) in [4.78, 5) is 37.3. The van der Waals surface area contributed by atoms with E-state index in [-0.39, 0.29) is 24.1 Å². The molecule has 2 saturated carbocycles. The summed E-state index contributed by atoms with van der Waals surface area (Å²) < 4.78 is 5.84. The van der Waals surface area contributed by atoms with Crippen LogP contribution in [0.15, 0.2) is 21.9 Å². The Morgan fingerprint density at radius 1 is 1.57 bits per heavy atom. The van der Waals surface area contributed by atoms with E-state index in [4.69, 9.17) is 0 Å². The largest absolute Gasteiger partial charge is 0.466 e. The lowest BCUT2D eigenvalue weighted by Crippen LogP contribution is -2.33. The molecule has 23 heavy (non-hydrogen) atoms. The van der Waals surface area contributed by atoms with E-state index in [0.717, 1.165) is 6.08 Å². The van der Waals surface area contributed by atoms with Crippen LogP contribution in [0.4, 0.5) is 0 Å². The Morgan fingerprint density at radius 2 is 2.30 bits per heavy atom. The molecule has 0 radical (unpaired) electrons. The summed E-state index contributed by atoms with van der Waals surface area (Å²) in [6.45, 7) is -0.122. The summed E-state index contributed by atoms with van der Waals surface area (Å²) in [6.07, 6.45) is 4.07. The number of nitrogens with one attached hydrogen (secondary N) is 1. The van der Waals surface area contributed by atoms with Crippen LogP contribution in [0.3, 0.4) is 0 Å². The number of aliphatic hydroxyl groups excluding tert-OH is 2. The number of methoxy groups -OCH3 is 1. The molecule has 0 spiro atoms. The van der Waals surface area contributed by atoms with Crippen LogP contribution >= 0.6 is 0 Å². The summed E-state index contributed by atoms with van der Waals surface area (Å²) >= 11 is 0. The third-order valence-electron chi connectivity index (χ3n) is 5.02. The van der Waals surface area contributed by atoms with Crippen molar-refractivity contribution in [3.63, 3.8) is 0 Å². The predicted molar refractivity (Wildman–Crippen MR) is 79.7 cm³/mol. The molecule has 0 aromatic carbocycles. The molecule has 8 heteroatoms. The standard InChI is InChI=1S/C15H18N2O6/c1-23-12(20)3-2-8-6-17(14(22)16-13(8)21)10-4-11(19)15(7-18)5-9(10)15/h2-3,6,9-11,18-19H,4-5,7H2,1H3,(H,16,21,22)/b3-2+/t9-,10+,11+,15+/m1/s1. The van der Waals surface area contributed by atoms with E-state index in [2.05, 4.69) is 9.72 Å². The lowest BCUT2D eigenvalue weighted by atomic mass is 10.0. The van der Waals surface area contributed by atoms with Crippen molar-refractivity contribution in [2.24, 2.45) is 11.3 Å². The number of hydrogen-bond donors (Lipinski definition) is 3. The van der Waals surface area contributed by atoms with Crippen LogP contribution in [0.1, 0.15) is 24.4 Å². The Kier molecular flexibility index (Phi) is 3.73. The molecule has 0 bridgehead atoms. The molecular formula is C15H18N2O6. The lowest BCUT2D eigenvalue weighted by molar-refractivity contribution is -0.134. The maximum absolute atomic E-state index is 12.1. The van der Waals surface area contributed by atoms with Crippen LogP contribution < -0.4 is 11.2 Å². The number of esters is 1. The number of aliphatic hydroxyl groups is 2. The summed E-state index contributed by atoms with van der Waals surface area (Å²) in [5, 5.41) is 19.6. The predicted octanol–water partition coefficient (Wildman–Crippen LogP) is -0.973. The second-order valence-electron chi connectivity index (χ2n) is 6.13. The number of carbonyl (C=O) groups excluding carboxylic acids is 1. The zero-order valence-corrected chi connectivity index (χ0v) is 12.6. The highest BCUT2D eigenvalue weighted by molar-refractivity contribution is 5.86. The molecule has 3 rings (SSSR count). The monoisotopic (exact) mass is 322 g/mol. The lowest BCUT2D eigenvalue weighted by Gasteiger charge is -2.17. The van der Waals surface area contributed by atoms with Crippen molar-refractivity contribution in [2.45, 2.75) is 25.0 Å². The average molecular weight is 322 g/mol. The molecule has 0 aliphatic heterocycles. The first-order chi connectivity index (χ1) is 10.9. The number of H-pyrrole nitrogens is 1. The first-order valence-corrected chi connectivity index (χ1v) is 7.33. The van der Waals surface area contributed by atoms with Gasteiger partial charge in [-0.2, -0.15) is 0 Å². The Morgan fingerprint density at radius 3 is 2.87 bits per heavy atom. The van der Waals surface area contributed by atoms with E-state index < -0.39 is 28.7 Å². The molecule has 1 aromatic heterocycles. The van der Waals surface area contributed by atoms with Crippen molar-refractivity contribution in [1.82, 2.24) is 9.55 Å². The number of aromatic amines is 1. The van der Waals surface area contributed by atoms with Gasteiger partial charge in [-0.1, -0.05) is 0 Å². The van der Waals surface area contributed by atoms with E-state index in [1.54, 1.807) is 0 Å². The fourth-order valence-corrected chi connectivity index (χ4v) is 3.57. The fraction of sp³-hybridized carbons (Fsp3) is 0.533. The normalized spacial score (nSPS) is 32.0. The molecule has 2 aliphatic rings. The number of aromatic nitrogens is 2. The van der Waals surface area contributed by atoms with Gasteiger partial charge in [0, 0.05) is 23.7 Å². The number of hydrogen-bond acceptors (Lipinski definition) is 6. The summed E-state index contributed by atoms with van der Waals surface area (Å²) in [6, 6.07) is -0.285. The molecule has 0 saturated heterocycles. The van der Waals surface area contributed by atoms with E-state index in [0.29, 0.717) is 12.8 Å². The first kappa shape index (κ1) is 15.7. The Bertz CT molecular complexity index is 779. The third kappa shape index (κ3) is 2.43. The molecule has 1 aromatic rings. The molecule has 1 heterocycles. The van der Waals surface area contributed by atoms with Crippen LogP contribution in [0.5, 0.6) is 0 Å². The molecule has 3 N–H and O–H groups in total. The highest BCUT2D eigenvalue weighted by Crippen LogP contribution is 2.66. The van der Waals surface area contributed by atoms with Crippen molar-refractivity contribution in [2.75, 3.05) is 13.7 Å². The van der Waals surface area contributed by atoms with E-state index in [1.807, 2.05) is 0 Å². The number of nitrogens with zero attached hydrogens (tertiary/aromatic N) is 1. The average Bonchev–Trinajstić information content (AvgIpc) is 3.21. The highest BCUT2D eigenvalue weighted by Gasteiger charge is 2.67.